The van der Waals surface area contributed by atoms with Crippen molar-refractivity contribution in [1.29, 1.82) is 0 Å². The highest BCUT2D eigenvalue weighted by Crippen LogP contribution is 2.31. The van der Waals surface area contributed by atoms with Crippen LogP contribution in [-0.2, 0) is 10.9 Å². The molecular weight excluding hydrogens is 280 g/mol. The van der Waals surface area contributed by atoms with Crippen LogP contribution < -0.4 is 4.89 Å². The lowest BCUT2D eigenvalue weighted by Crippen LogP contribution is -2.04. The molecule has 0 unspecified atom stereocenters. The topological polar surface area (TPSA) is 29.5 Å². The fourth-order valence-electron chi connectivity index (χ4n) is 2.16. The van der Waals surface area contributed by atoms with Gasteiger partial charge in [0.15, 0.2) is 20.4 Å². The van der Waals surface area contributed by atoms with E-state index in [9.17, 15) is 0 Å². The van der Waals surface area contributed by atoms with Gasteiger partial charge in [-0.15, -0.1) is 0 Å². The average Bonchev–Trinajstić information content (AvgIpc) is 2.58. The first-order chi connectivity index (χ1) is 10.4. The molecule has 3 aromatic carbocycles. The van der Waals surface area contributed by atoms with Gasteiger partial charge in [-0.25, -0.2) is 5.26 Å². The van der Waals surface area contributed by atoms with Gasteiger partial charge in [0, 0.05) is 0 Å². The van der Waals surface area contributed by atoms with E-state index in [-0.39, 0.29) is 10.9 Å². The Labute approximate surface area is 126 Å². The molecule has 0 aliphatic rings. The van der Waals surface area contributed by atoms with E-state index in [0.29, 0.717) is 5.75 Å². The van der Waals surface area contributed by atoms with E-state index in [1.165, 1.54) is 14.7 Å². The third-order valence-electron chi connectivity index (χ3n) is 3.12. The summed E-state index contributed by atoms with van der Waals surface area (Å²) in [4.78, 5) is 7.98. The second kappa shape index (κ2) is 6.48. The quantitative estimate of drug-likeness (QED) is 0.432. The maximum atomic E-state index is 8.70. The Balaban J connectivity index is 2.07. The molecule has 3 rings (SSSR count). The molecule has 0 bridgehead atoms. The molecule has 3 heteroatoms. The molecule has 0 atom stereocenters. The molecule has 21 heavy (non-hydrogen) atoms. The van der Waals surface area contributed by atoms with Crippen LogP contribution in [0.1, 0.15) is 0 Å². The van der Waals surface area contributed by atoms with Crippen LogP contribution in [0, 0.1) is 0 Å². The van der Waals surface area contributed by atoms with Gasteiger partial charge in [-0.2, -0.15) is 0 Å². The maximum absolute atomic E-state index is 8.70. The molecule has 0 amide bonds. The summed E-state index contributed by atoms with van der Waals surface area (Å²) >= 11 is 0. The molecular formula is C18H15O2S+. The summed E-state index contributed by atoms with van der Waals surface area (Å²) in [5, 5.41) is 8.70. The standard InChI is InChI=1S/C18H14O2S/c19-20-15-11-13-18(14-12-15)21(16-7-3-1-4-8-16)17-9-5-2-6-10-17/h1-14H/p+1. The van der Waals surface area contributed by atoms with Gasteiger partial charge in [-0.1, -0.05) is 36.4 Å². The summed E-state index contributed by atoms with van der Waals surface area (Å²) in [6.45, 7) is 0. The summed E-state index contributed by atoms with van der Waals surface area (Å²) in [6.07, 6.45) is 0. The lowest BCUT2D eigenvalue weighted by Gasteiger charge is -2.08. The first-order valence-corrected chi connectivity index (χ1v) is 7.87. The van der Waals surface area contributed by atoms with Crippen molar-refractivity contribution in [1.82, 2.24) is 0 Å². The zero-order chi connectivity index (χ0) is 14.5. The van der Waals surface area contributed by atoms with Crippen LogP contribution in [0.2, 0.25) is 0 Å². The summed E-state index contributed by atoms with van der Waals surface area (Å²) in [7, 11) is -0.162. The van der Waals surface area contributed by atoms with Gasteiger partial charge in [0.05, 0.1) is 10.9 Å². The smallest absolute Gasteiger partial charge is 0.166 e. The molecule has 1 N–H and O–H groups in total. The van der Waals surface area contributed by atoms with E-state index in [4.69, 9.17) is 5.26 Å². The molecule has 0 saturated carbocycles. The largest absolute Gasteiger partial charge is 0.340 e. The Kier molecular flexibility index (Phi) is 4.24. The summed E-state index contributed by atoms with van der Waals surface area (Å²) in [6, 6.07) is 28.4. The van der Waals surface area contributed by atoms with Crippen LogP contribution in [0.4, 0.5) is 0 Å². The van der Waals surface area contributed by atoms with Crippen molar-refractivity contribution in [2.45, 2.75) is 14.7 Å². The molecule has 0 saturated heterocycles. The van der Waals surface area contributed by atoms with E-state index in [2.05, 4.69) is 53.4 Å². The molecule has 0 spiro atoms. The Bertz CT molecular complexity index is 642. The minimum atomic E-state index is -0.162. The number of hydrogen-bond donors (Lipinski definition) is 1. The molecule has 2 nitrogen and oxygen atoms in total. The average molecular weight is 295 g/mol. The van der Waals surface area contributed by atoms with Crippen molar-refractivity contribution in [3.63, 3.8) is 0 Å². The van der Waals surface area contributed by atoms with Gasteiger partial charge in [0.1, 0.15) is 0 Å². The third kappa shape index (κ3) is 3.10. The van der Waals surface area contributed by atoms with Crippen LogP contribution in [0.25, 0.3) is 0 Å². The van der Waals surface area contributed by atoms with Gasteiger partial charge in [-0.3, -0.25) is 0 Å². The van der Waals surface area contributed by atoms with Gasteiger partial charge in [-0.05, 0) is 48.5 Å². The Morgan fingerprint density at radius 3 is 1.43 bits per heavy atom. The SMILES string of the molecule is OOc1ccc([S+](c2ccccc2)c2ccccc2)cc1. The van der Waals surface area contributed by atoms with Crippen LogP contribution >= 0.6 is 0 Å². The molecule has 0 aliphatic carbocycles. The Morgan fingerprint density at radius 2 is 1.00 bits per heavy atom. The Morgan fingerprint density at radius 1 is 0.571 bits per heavy atom. The van der Waals surface area contributed by atoms with Crippen molar-refractivity contribution < 1.29 is 10.1 Å². The summed E-state index contributed by atoms with van der Waals surface area (Å²) < 4.78 is 0. The van der Waals surface area contributed by atoms with E-state index in [1.54, 1.807) is 12.1 Å². The van der Waals surface area contributed by atoms with Gasteiger partial charge < -0.3 is 4.89 Å². The van der Waals surface area contributed by atoms with Crippen LogP contribution in [0.3, 0.4) is 0 Å². The molecule has 0 heterocycles. The monoisotopic (exact) mass is 295 g/mol. The van der Waals surface area contributed by atoms with Gasteiger partial charge >= 0.3 is 0 Å². The van der Waals surface area contributed by atoms with E-state index in [0.717, 1.165) is 0 Å². The lowest BCUT2D eigenvalue weighted by molar-refractivity contribution is -0.137. The Hall–Kier alpha value is -2.23. The fourth-order valence-corrected chi connectivity index (χ4v) is 4.24. The zero-order valence-corrected chi connectivity index (χ0v) is 12.2. The second-order valence-corrected chi connectivity index (χ2v) is 6.52. The molecule has 3 aromatic rings. The van der Waals surface area contributed by atoms with E-state index >= 15 is 0 Å². The predicted octanol–water partition coefficient (Wildman–Crippen LogP) is 4.63. The minimum absolute atomic E-state index is 0.162. The van der Waals surface area contributed by atoms with Crippen LogP contribution in [0.5, 0.6) is 5.75 Å². The number of benzene rings is 3. The third-order valence-corrected chi connectivity index (χ3v) is 5.35. The van der Waals surface area contributed by atoms with Crippen molar-refractivity contribution in [3.05, 3.63) is 84.9 Å². The molecule has 0 radical (unpaired) electrons. The molecule has 0 aromatic heterocycles. The van der Waals surface area contributed by atoms with Crippen molar-refractivity contribution in [3.8, 4) is 5.75 Å². The van der Waals surface area contributed by atoms with Crippen molar-refractivity contribution in [2.75, 3.05) is 0 Å². The van der Waals surface area contributed by atoms with Gasteiger partial charge in [0.2, 0.25) is 0 Å². The zero-order valence-electron chi connectivity index (χ0n) is 11.3. The second-order valence-electron chi connectivity index (χ2n) is 4.49. The minimum Gasteiger partial charge on any atom is -0.340 e. The summed E-state index contributed by atoms with van der Waals surface area (Å²) in [5.41, 5.74) is 0. The first kappa shape index (κ1) is 13.7. The maximum Gasteiger partial charge on any atom is 0.166 e. The normalized spacial score (nSPS) is 10.6. The molecule has 0 fully saturated rings. The van der Waals surface area contributed by atoms with Gasteiger partial charge in [0.25, 0.3) is 0 Å². The van der Waals surface area contributed by atoms with Crippen molar-refractivity contribution >= 4 is 10.9 Å². The molecule has 0 aliphatic heterocycles. The molecule has 104 valence electrons. The first-order valence-electron chi connectivity index (χ1n) is 6.64. The van der Waals surface area contributed by atoms with E-state index < -0.39 is 0 Å². The van der Waals surface area contributed by atoms with Crippen LogP contribution in [-0.4, -0.2) is 5.26 Å². The van der Waals surface area contributed by atoms with Crippen LogP contribution in [0.15, 0.2) is 99.6 Å². The number of rotatable bonds is 4. The number of hydrogen-bond acceptors (Lipinski definition) is 2. The fraction of sp³-hybridized carbons (Fsp3) is 0. The van der Waals surface area contributed by atoms with Crippen molar-refractivity contribution in [2.24, 2.45) is 0 Å². The predicted molar refractivity (Wildman–Crippen MR) is 84.7 cm³/mol. The highest BCUT2D eigenvalue weighted by molar-refractivity contribution is 7.97. The highest BCUT2D eigenvalue weighted by atomic mass is 32.2. The summed E-state index contributed by atoms with van der Waals surface area (Å²) in [5.74, 6) is 0.448. The highest BCUT2D eigenvalue weighted by Gasteiger charge is 2.28. The van der Waals surface area contributed by atoms with E-state index in [1.807, 2.05) is 24.3 Å². The lowest BCUT2D eigenvalue weighted by atomic mass is 10.3.